The lowest BCUT2D eigenvalue weighted by Crippen LogP contribution is -2.39. The molecule has 1 atom stereocenters. The van der Waals surface area contributed by atoms with Gasteiger partial charge in [-0.05, 0) is 37.9 Å². The van der Waals surface area contributed by atoms with Gasteiger partial charge >= 0.3 is 0 Å². The van der Waals surface area contributed by atoms with Crippen LogP contribution in [0.5, 0.6) is 5.75 Å². The Morgan fingerprint density at radius 3 is 2.86 bits per heavy atom. The largest absolute Gasteiger partial charge is 0.497 e. The number of fused-ring (bicyclic) bond motifs is 1. The maximum atomic E-state index is 12.8. The number of ether oxygens (including phenoxy) is 1. The van der Waals surface area contributed by atoms with E-state index < -0.39 is 0 Å². The normalized spacial score (nSPS) is 22.7. The zero-order valence-corrected chi connectivity index (χ0v) is 12.5. The van der Waals surface area contributed by atoms with Crippen molar-refractivity contribution in [2.45, 2.75) is 25.3 Å². The van der Waals surface area contributed by atoms with Crippen LogP contribution in [0.25, 0.3) is 0 Å². The highest BCUT2D eigenvalue weighted by Gasteiger charge is 2.30. The molecule has 114 valence electrons. The zero-order valence-electron chi connectivity index (χ0n) is 12.5. The van der Waals surface area contributed by atoms with E-state index in [0.29, 0.717) is 23.0 Å². The van der Waals surface area contributed by atoms with Crippen molar-refractivity contribution in [1.82, 2.24) is 9.80 Å². The average molecular weight is 289 g/mol. The van der Waals surface area contributed by atoms with Crippen LogP contribution in [-0.4, -0.2) is 55.0 Å². The summed E-state index contributed by atoms with van der Waals surface area (Å²) in [7, 11) is 1.59. The van der Waals surface area contributed by atoms with Gasteiger partial charge in [0.1, 0.15) is 5.75 Å². The van der Waals surface area contributed by atoms with Gasteiger partial charge in [0.15, 0.2) is 0 Å². The topological polar surface area (TPSA) is 58.8 Å². The number of nitrogen functional groups attached to an aromatic ring is 1. The van der Waals surface area contributed by atoms with Crippen LogP contribution < -0.4 is 10.5 Å². The van der Waals surface area contributed by atoms with Gasteiger partial charge in [0, 0.05) is 43.0 Å². The number of carbonyl (C=O) groups is 1. The lowest BCUT2D eigenvalue weighted by Gasteiger charge is -2.26. The molecule has 5 nitrogen and oxygen atoms in total. The third-order valence-electron chi connectivity index (χ3n) is 4.50. The molecule has 2 fully saturated rings. The first kappa shape index (κ1) is 14.2. The first-order valence-corrected chi connectivity index (χ1v) is 7.65. The van der Waals surface area contributed by atoms with Crippen molar-refractivity contribution in [3.05, 3.63) is 23.8 Å². The van der Waals surface area contributed by atoms with E-state index in [-0.39, 0.29) is 5.91 Å². The van der Waals surface area contributed by atoms with Gasteiger partial charge in [-0.3, -0.25) is 9.69 Å². The van der Waals surface area contributed by atoms with E-state index in [1.807, 2.05) is 4.90 Å². The van der Waals surface area contributed by atoms with Crippen molar-refractivity contribution in [2.24, 2.45) is 0 Å². The molecule has 0 spiro atoms. The van der Waals surface area contributed by atoms with Crippen LogP contribution in [0.2, 0.25) is 0 Å². The Morgan fingerprint density at radius 1 is 1.24 bits per heavy atom. The van der Waals surface area contributed by atoms with E-state index in [1.54, 1.807) is 25.3 Å². The van der Waals surface area contributed by atoms with E-state index in [1.165, 1.54) is 19.4 Å². The molecular formula is C16H23N3O2. The van der Waals surface area contributed by atoms with Crippen LogP contribution in [0.1, 0.15) is 29.6 Å². The molecule has 0 bridgehead atoms. The number of nitrogens with two attached hydrogens (primary N) is 1. The number of amides is 1. The fraction of sp³-hybridized carbons (Fsp3) is 0.562. The third kappa shape index (κ3) is 2.97. The molecule has 0 radical (unpaired) electrons. The third-order valence-corrected chi connectivity index (χ3v) is 4.50. The highest BCUT2D eigenvalue weighted by Crippen LogP contribution is 2.24. The van der Waals surface area contributed by atoms with E-state index in [9.17, 15) is 4.79 Å². The summed E-state index contributed by atoms with van der Waals surface area (Å²) in [5.41, 5.74) is 7.05. The van der Waals surface area contributed by atoms with Crippen LogP contribution in [0.3, 0.4) is 0 Å². The highest BCUT2D eigenvalue weighted by molar-refractivity contribution is 5.95. The average Bonchev–Trinajstić information content (AvgIpc) is 2.83. The van der Waals surface area contributed by atoms with E-state index in [4.69, 9.17) is 10.5 Å². The first-order chi connectivity index (χ1) is 10.2. The van der Waals surface area contributed by atoms with Gasteiger partial charge in [-0.1, -0.05) is 0 Å². The summed E-state index contributed by atoms with van der Waals surface area (Å²) in [5.74, 6) is 0.699. The Balaban J connectivity index is 1.79. The van der Waals surface area contributed by atoms with E-state index >= 15 is 0 Å². The summed E-state index contributed by atoms with van der Waals surface area (Å²) in [6.45, 7) is 3.94. The lowest BCUT2D eigenvalue weighted by atomic mass is 10.1. The molecule has 0 saturated carbocycles. The SMILES string of the molecule is COc1cc(N)cc(C(=O)N2CCCN3CCCC3C2)c1. The molecule has 3 rings (SSSR count). The molecule has 5 heteroatoms. The maximum Gasteiger partial charge on any atom is 0.254 e. The van der Waals surface area contributed by atoms with Crippen molar-refractivity contribution in [1.29, 1.82) is 0 Å². The van der Waals surface area contributed by atoms with Gasteiger partial charge in [-0.25, -0.2) is 0 Å². The van der Waals surface area contributed by atoms with Crippen molar-refractivity contribution in [3.8, 4) is 5.75 Å². The van der Waals surface area contributed by atoms with Crippen molar-refractivity contribution >= 4 is 11.6 Å². The predicted molar refractivity (Wildman–Crippen MR) is 82.5 cm³/mol. The molecule has 1 unspecified atom stereocenters. The summed E-state index contributed by atoms with van der Waals surface area (Å²) >= 11 is 0. The molecular weight excluding hydrogens is 266 g/mol. The number of nitrogens with zero attached hydrogens (tertiary/aromatic N) is 2. The van der Waals surface area contributed by atoms with Crippen LogP contribution in [0.15, 0.2) is 18.2 Å². The zero-order chi connectivity index (χ0) is 14.8. The second-order valence-electron chi connectivity index (χ2n) is 5.93. The first-order valence-electron chi connectivity index (χ1n) is 7.65. The summed E-state index contributed by atoms with van der Waals surface area (Å²) in [5, 5.41) is 0. The van der Waals surface area contributed by atoms with Crippen molar-refractivity contribution < 1.29 is 9.53 Å². The van der Waals surface area contributed by atoms with E-state index in [0.717, 1.165) is 26.1 Å². The van der Waals surface area contributed by atoms with Gasteiger partial charge in [0.2, 0.25) is 0 Å². The number of methoxy groups -OCH3 is 1. The molecule has 0 aliphatic carbocycles. The van der Waals surface area contributed by atoms with Gasteiger partial charge in [-0.15, -0.1) is 0 Å². The Kier molecular flexibility index (Phi) is 4.01. The van der Waals surface area contributed by atoms with Crippen LogP contribution in [0.4, 0.5) is 5.69 Å². The van der Waals surface area contributed by atoms with Crippen molar-refractivity contribution in [2.75, 3.05) is 39.0 Å². The molecule has 2 heterocycles. The molecule has 2 aliphatic heterocycles. The summed E-state index contributed by atoms with van der Waals surface area (Å²) in [6.07, 6.45) is 3.49. The standard InChI is InChI=1S/C16H23N3O2/c1-21-15-9-12(8-13(17)10-15)16(20)19-7-3-6-18-5-2-4-14(18)11-19/h8-10,14H,2-7,11,17H2,1H3. The Bertz CT molecular complexity index is 532. The quantitative estimate of drug-likeness (QED) is 0.840. The highest BCUT2D eigenvalue weighted by atomic mass is 16.5. The molecule has 1 aromatic rings. The second kappa shape index (κ2) is 5.93. The molecule has 2 aliphatic rings. The number of hydrogen-bond acceptors (Lipinski definition) is 4. The lowest BCUT2D eigenvalue weighted by molar-refractivity contribution is 0.0743. The number of anilines is 1. The Labute approximate surface area is 125 Å². The predicted octanol–water partition coefficient (Wildman–Crippen LogP) is 1.59. The fourth-order valence-electron chi connectivity index (χ4n) is 3.44. The molecule has 21 heavy (non-hydrogen) atoms. The number of hydrogen-bond donors (Lipinski definition) is 1. The van der Waals surface area contributed by atoms with E-state index in [2.05, 4.69) is 4.90 Å². The summed E-state index contributed by atoms with van der Waals surface area (Å²) < 4.78 is 5.21. The minimum Gasteiger partial charge on any atom is -0.497 e. The smallest absolute Gasteiger partial charge is 0.254 e. The molecule has 0 aromatic heterocycles. The maximum absolute atomic E-state index is 12.8. The van der Waals surface area contributed by atoms with Gasteiger partial charge < -0.3 is 15.4 Å². The molecule has 2 saturated heterocycles. The van der Waals surface area contributed by atoms with Gasteiger partial charge in [0.25, 0.3) is 5.91 Å². The van der Waals surface area contributed by atoms with Gasteiger partial charge in [-0.2, -0.15) is 0 Å². The Morgan fingerprint density at radius 2 is 2.05 bits per heavy atom. The number of carbonyl (C=O) groups excluding carboxylic acids is 1. The fourth-order valence-corrected chi connectivity index (χ4v) is 3.44. The minimum absolute atomic E-state index is 0.0642. The molecule has 1 aromatic carbocycles. The van der Waals surface area contributed by atoms with Crippen LogP contribution in [-0.2, 0) is 0 Å². The van der Waals surface area contributed by atoms with Gasteiger partial charge in [0.05, 0.1) is 7.11 Å². The Hall–Kier alpha value is -1.75. The van der Waals surface area contributed by atoms with Crippen LogP contribution in [0, 0.1) is 0 Å². The van der Waals surface area contributed by atoms with Crippen molar-refractivity contribution in [3.63, 3.8) is 0 Å². The number of rotatable bonds is 2. The minimum atomic E-state index is 0.0642. The second-order valence-corrected chi connectivity index (χ2v) is 5.93. The summed E-state index contributed by atoms with van der Waals surface area (Å²) in [6, 6.07) is 5.77. The molecule has 2 N–H and O–H groups in total. The molecule has 1 amide bonds. The number of benzene rings is 1. The monoisotopic (exact) mass is 289 g/mol. The summed E-state index contributed by atoms with van der Waals surface area (Å²) in [4.78, 5) is 17.3. The van der Waals surface area contributed by atoms with Crippen LogP contribution >= 0.6 is 0 Å².